The molecule has 0 unspecified atom stereocenters. The number of amides is 1. The largest absolute Gasteiger partial charge is 0.342 e. The molecule has 2 aromatic heterocycles. The van der Waals surface area contributed by atoms with Gasteiger partial charge >= 0.3 is 0 Å². The zero-order valence-electron chi connectivity index (χ0n) is 16.4. The van der Waals surface area contributed by atoms with Crippen LogP contribution in [0.3, 0.4) is 0 Å². The molecule has 0 radical (unpaired) electrons. The van der Waals surface area contributed by atoms with E-state index in [9.17, 15) is 4.79 Å². The van der Waals surface area contributed by atoms with Gasteiger partial charge in [-0.1, -0.05) is 23.5 Å². The quantitative estimate of drug-likeness (QED) is 0.675. The van der Waals surface area contributed by atoms with Gasteiger partial charge in [0.05, 0.1) is 11.9 Å². The number of benzene rings is 1. The summed E-state index contributed by atoms with van der Waals surface area (Å²) in [6, 6.07) is 6.28. The summed E-state index contributed by atoms with van der Waals surface area (Å²) in [5.74, 6) is 0.632. The van der Waals surface area contributed by atoms with Crippen molar-refractivity contribution in [2.24, 2.45) is 0 Å². The van der Waals surface area contributed by atoms with Gasteiger partial charge in [-0.05, 0) is 46.0 Å². The van der Waals surface area contributed by atoms with Gasteiger partial charge in [0.1, 0.15) is 15.8 Å². The van der Waals surface area contributed by atoms with E-state index in [0.29, 0.717) is 11.9 Å². The Labute approximate surface area is 168 Å². The van der Waals surface area contributed by atoms with Crippen molar-refractivity contribution >= 4 is 28.1 Å². The first-order valence-corrected chi connectivity index (χ1v) is 10.3. The van der Waals surface area contributed by atoms with Crippen LogP contribution in [0.4, 0.5) is 0 Å². The highest BCUT2D eigenvalue weighted by Gasteiger charge is 2.24. The maximum atomic E-state index is 12.7. The fraction of sp³-hybridized carbons (Fsp3) is 0.450. The second kappa shape index (κ2) is 7.89. The molecule has 1 aromatic carbocycles. The lowest BCUT2D eigenvalue weighted by Crippen LogP contribution is -2.45. The third-order valence-electron chi connectivity index (χ3n) is 5.34. The summed E-state index contributed by atoms with van der Waals surface area (Å²) >= 11 is 1.55. The van der Waals surface area contributed by atoms with Crippen LogP contribution in [0.2, 0.25) is 0 Å². The Morgan fingerprint density at radius 2 is 2.07 bits per heavy atom. The first-order valence-electron chi connectivity index (χ1n) is 9.50. The summed E-state index contributed by atoms with van der Waals surface area (Å²) in [4.78, 5) is 26.0. The second-order valence-corrected chi connectivity index (χ2v) is 8.58. The van der Waals surface area contributed by atoms with Crippen molar-refractivity contribution in [3.8, 4) is 10.6 Å². The van der Waals surface area contributed by atoms with Crippen LogP contribution >= 0.6 is 11.3 Å². The van der Waals surface area contributed by atoms with Gasteiger partial charge in [0.25, 0.3) is 0 Å². The lowest BCUT2D eigenvalue weighted by Gasteiger charge is -2.35. The predicted molar refractivity (Wildman–Crippen MR) is 110 cm³/mol. The van der Waals surface area contributed by atoms with Crippen molar-refractivity contribution < 1.29 is 4.79 Å². The van der Waals surface area contributed by atoms with E-state index < -0.39 is 0 Å². The molecule has 4 rings (SSSR count). The Hall–Kier alpha value is -2.45. The molecule has 1 amide bonds. The number of nitrogens with zero attached hydrogens (tertiary/aromatic N) is 6. The lowest BCUT2D eigenvalue weighted by atomic mass is 10.0. The van der Waals surface area contributed by atoms with Crippen molar-refractivity contribution in [3.05, 3.63) is 35.2 Å². The number of hydrogen-bond acceptors (Lipinski definition) is 7. The number of fused-ring (bicyclic) bond motifs is 1. The monoisotopic (exact) mass is 396 g/mol. The van der Waals surface area contributed by atoms with Gasteiger partial charge in [-0.2, -0.15) is 0 Å². The zero-order valence-corrected chi connectivity index (χ0v) is 17.2. The lowest BCUT2D eigenvalue weighted by molar-refractivity contribution is -0.132. The highest BCUT2D eigenvalue weighted by atomic mass is 32.1. The van der Waals surface area contributed by atoms with Gasteiger partial charge in [0.2, 0.25) is 5.91 Å². The minimum absolute atomic E-state index is 0.0739. The second-order valence-electron chi connectivity index (χ2n) is 7.40. The molecule has 8 heteroatoms. The molecular formula is C20H24N6OS. The Kier molecular flexibility index (Phi) is 5.32. The van der Waals surface area contributed by atoms with Crippen LogP contribution < -0.4 is 0 Å². The van der Waals surface area contributed by atoms with Crippen LogP contribution in [0.5, 0.6) is 0 Å². The molecule has 0 aliphatic carbocycles. The average molecular weight is 397 g/mol. The Morgan fingerprint density at radius 3 is 2.79 bits per heavy atom. The van der Waals surface area contributed by atoms with Crippen molar-refractivity contribution in [2.45, 2.75) is 32.2 Å². The van der Waals surface area contributed by atoms with Crippen molar-refractivity contribution in [1.29, 1.82) is 0 Å². The molecule has 146 valence electrons. The molecule has 0 bridgehead atoms. The molecule has 0 atom stereocenters. The molecule has 7 nitrogen and oxygen atoms in total. The summed E-state index contributed by atoms with van der Waals surface area (Å²) in [6.45, 7) is 4.00. The average Bonchev–Trinajstić information content (AvgIpc) is 3.14. The van der Waals surface area contributed by atoms with Crippen LogP contribution in [0, 0.1) is 6.92 Å². The third-order valence-corrected chi connectivity index (χ3v) is 6.23. The van der Waals surface area contributed by atoms with Gasteiger partial charge < -0.3 is 9.80 Å². The van der Waals surface area contributed by atoms with Gasteiger partial charge in [0, 0.05) is 30.2 Å². The number of hydrogen-bond donors (Lipinski definition) is 0. The number of carbonyl (C=O) groups excluding carboxylic acids is 1. The SMILES string of the molecule is Cc1nnc(-c2ccc3cnc(CC(=O)N(C)C4CCN(C)CC4)nc3c2)s1. The molecule has 1 fully saturated rings. The fourth-order valence-electron chi connectivity index (χ4n) is 3.54. The van der Waals surface area contributed by atoms with Gasteiger partial charge in [-0.25, -0.2) is 9.97 Å². The first kappa shape index (κ1) is 18.9. The molecular weight excluding hydrogens is 372 g/mol. The standard InChI is InChI=1S/C20H24N6OS/c1-13-23-24-20(28-13)14-4-5-15-12-21-18(22-17(15)10-14)11-19(27)26(3)16-6-8-25(2)9-7-16/h4-5,10,12,16H,6-9,11H2,1-3H3. The molecule has 1 saturated heterocycles. The Balaban J connectivity index is 1.51. The van der Waals surface area contributed by atoms with Crippen molar-refractivity contribution in [1.82, 2.24) is 30.0 Å². The maximum Gasteiger partial charge on any atom is 0.230 e. The number of likely N-dealkylation sites (N-methyl/N-ethyl adjacent to an activating group) is 1. The van der Waals surface area contributed by atoms with Gasteiger partial charge in [-0.15, -0.1) is 10.2 Å². The van der Waals surface area contributed by atoms with E-state index in [4.69, 9.17) is 0 Å². The zero-order chi connectivity index (χ0) is 19.7. The number of piperidine rings is 1. The molecule has 3 aromatic rings. The minimum Gasteiger partial charge on any atom is -0.342 e. The normalized spacial score (nSPS) is 15.8. The van der Waals surface area contributed by atoms with E-state index in [2.05, 4.69) is 32.1 Å². The number of rotatable bonds is 4. The van der Waals surface area contributed by atoms with Crippen LogP contribution in [0.25, 0.3) is 21.5 Å². The van der Waals surface area contributed by atoms with E-state index in [1.165, 1.54) is 0 Å². The van der Waals surface area contributed by atoms with Crippen LogP contribution in [-0.4, -0.2) is 69.1 Å². The number of aromatic nitrogens is 4. The summed E-state index contributed by atoms with van der Waals surface area (Å²) in [5.41, 5.74) is 1.81. The van der Waals surface area contributed by atoms with Crippen LogP contribution in [-0.2, 0) is 11.2 Å². The summed E-state index contributed by atoms with van der Waals surface area (Å²) in [7, 11) is 4.02. The van der Waals surface area contributed by atoms with Crippen molar-refractivity contribution in [2.75, 3.05) is 27.2 Å². The summed E-state index contributed by atoms with van der Waals surface area (Å²) in [5, 5.41) is 11.0. The summed E-state index contributed by atoms with van der Waals surface area (Å²) in [6.07, 6.45) is 4.04. The number of likely N-dealkylation sites (tertiary alicyclic amines) is 1. The molecule has 1 aliphatic rings. The highest BCUT2D eigenvalue weighted by molar-refractivity contribution is 7.14. The van der Waals surface area contributed by atoms with E-state index in [0.717, 1.165) is 52.4 Å². The van der Waals surface area contributed by atoms with Gasteiger partial charge in [0.15, 0.2) is 0 Å². The minimum atomic E-state index is 0.0739. The summed E-state index contributed by atoms with van der Waals surface area (Å²) < 4.78 is 0. The van der Waals surface area contributed by atoms with Crippen LogP contribution in [0.15, 0.2) is 24.4 Å². The predicted octanol–water partition coefficient (Wildman–Crippen LogP) is 2.55. The topological polar surface area (TPSA) is 75.1 Å². The molecule has 28 heavy (non-hydrogen) atoms. The molecule has 0 saturated carbocycles. The fourth-order valence-corrected chi connectivity index (χ4v) is 4.23. The van der Waals surface area contributed by atoms with E-state index >= 15 is 0 Å². The maximum absolute atomic E-state index is 12.7. The smallest absolute Gasteiger partial charge is 0.230 e. The molecule has 0 N–H and O–H groups in total. The molecule has 3 heterocycles. The number of carbonyl (C=O) groups is 1. The van der Waals surface area contributed by atoms with E-state index in [1.54, 1.807) is 17.5 Å². The first-order chi connectivity index (χ1) is 13.5. The molecule has 0 spiro atoms. The Morgan fingerprint density at radius 1 is 1.29 bits per heavy atom. The van der Waals surface area contributed by atoms with Crippen molar-refractivity contribution in [3.63, 3.8) is 0 Å². The third kappa shape index (κ3) is 4.02. The Bertz CT molecular complexity index is 995. The number of aryl methyl sites for hydroxylation is 1. The van der Waals surface area contributed by atoms with E-state index in [-0.39, 0.29) is 12.3 Å². The van der Waals surface area contributed by atoms with E-state index in [1.807, 2.05) is 37.1 Å². The molecule has 1 aliphatic heterocycles. The van der Waals surface area contributed by atoms with Gasteiger partial charge in [-0.3, -0.25) is 4.79 Å². The van der Waals surface area contributed by atoms with Crippen LogP contribution in [0.1, 0.15) is 23.7 Å². The highest BCUT2D eigenvalue weighted by Crippen LogP contribution is 2.26.